The Labute approximate surface area is 102 Å². The minimum Gasteiger partial charge on any atom is -0.476 e. The Kier molecular flexibility index (Phi) is 3.70. The summed E-state index contributed by atoms with van der Waals surface area (Å²) in [5, 5.41) is 15.3. The molecule has 92 valence electrons. The molecule has 1 N–H and O–H groups in total. The van der Waals surface area contributed by atoms with Crippen LogP contribution in [0.4, 0.5) is 0 Å². The van der Waals surface area contributed by atoms with Crippen LogP contribution >= 0.6 is 0 Å². The van der Waals surface area contributed by atoms with Gasteiger partial charge < -0.3 is 9.84 Å². The average Bonchev–Trinajstić information content (AvgIpc) is 2.84. The molecule has 6 heteroatoms. The molecule has 0 unspecified atom stereocenters. The minimum absolute atomic E-state index is 0.125. The van der Waals surface area contributed by atoms with Gasteiger partial charge in [0.15, 0.2) is 0 Å². The quantitative estimate of drug-likeness (QED) is 0.866. The maximum atomic E-state index is 10.7. The molecule has 0 amide bonds. The van der Waals surface area contributed by atoms with Crippen molar-refractivity contribution in [3.63, 3.8) is 0 Å². The van der Waals surface area contributed by atoms with E-state index in [1.54, 1.807) is 6.08 Å². The highest BCUT2D eigenvalue weighted by molar-refractivity contribution is 5.87. The molecule has 0 radical (unpaired) electrons. The summed E-state index contributed by atoms with van der Waals surface area (Å²) in [4.78, 5) is 10.7. The Morgan fingerprint density at radius 3 is 2.83 bits per heavy atom. The van der Waals surface area contributed by atoms with E-state index < -0.39 is 5.97 Å². The van der Waals surface area contributed by atoms with Crippen LogP contribution < -0.4 is 4.74 Å². The summed E-state index contributed by atoms with van der Waals surface area (Å²) in [7, 11) is 0. The average molecular weight is 246 g/mol. The van der Waals surface area contributed by atoms with Crippen LogP contribution in [-0.2, 0) is 0 Å². The van der Waals surface area contributed by atoms with E-state index in [2.05, 4.69) is 14.9 Å². The fourth-order valence-corrected chi connectivity index (χ4v) is 1.28. The van der Waals surface area contributed by atoms with Crippen molar-refractivity contribution in [3.05, 3.63) is 47.7 Å². The zero-order valence-electron chi connectivity index (χ0n) is 9.31. The van der Waals surface area contributed by atoms with Crippen molar-refractivity contribution >= 4 is 12.0 Å². The van der Waals surface area contributed by atoms with Gasteiger partial charge in [0.2, 0.25) is 0 Å². The maximum Gasteiger partial charge on any atom is 0.363 e. The number of aromatic carboxylic acids is 1. The van der Waals surface area contributed by atoms with E-state index in [-0.39, 0.29) is 18.2 Å². The summed E-state index contributed by atoms with van der Waals surface area (Å²) in [6.07, 6.45) is 3.60. The predicted octanol–water partition coefficient (Wildman–Crippen LogP) is 1.86. The highest BCUT2D eigenvalue weighted by Gasteiger charge is 2.17. The van der Waals surface area contributed by atoms with Gasteiger partial charge in [0, 0.05) is 0 Å². The number of nitrogens with zero attached hydrogens (tertiary/aromatic N) is 2. The van der Waals surface area contributed by atoms with Crippen molar-refractivity contribution in [2.24, 2.45) is 0 Å². The van der Waals surface area contributed by atoms with Crippen molar-refractivity contribution in [1.82, 2.24) is 10.3 Å². The monoisotopic (exact) mass is 246 g/mol. The second kappa shape index (κ2) is 5.62. The Hall–Kier alpha value is -2.63. The number of ether oxygens (including phenoxy) is 1. The third-order valence-electron chi connectivity index (χ3n) is 2.09. The summed E-state index contributed by atoms with van der Waals surface area (Å²) in [5.41, 5.74) is 0.695. The summed E-state index contributed by atoms with van der Waals surface area (Å²) in [6.45, 7) is 0.184. The molecular weight excluding hydrogens is 236 g/mol. The van der Waals surface area contributed by atoms with Gasteiger partial charge in [0.1, 0.15) is 6.61 Å². The number of benzene rings is 1. The lowest BCUT2D eigenvalue weighted by atomic mass is 10.2. The molecule has 0 aliphatic carbocycles. The van der Waals surface area contributed by atoms with Crippen molar-refractivity contribution in [3.8, 4) is 5.88 Å². The van der Waals surface area contributed by atoms with E-state index in [9.17, 15) is 4.79 Å². The number of carboxylic acids is 1. The van der Waals surface area contributed by atoms with Crippen LogP contribution in [0.3, 0.4) is 0 Å². The Morgan fingerprint density at radius 1 is 1.33 bits per heavy atom. The molecule has 0 aliphatic rings. The van der Waals surface area contributed by atoms with E-state index in [0.717, 1.165) is 5.56 Å². The van der Waals surface area contributed by atoms with Gasteiger partial charge >= 0.3 is 5.97 Å². The molecule has 0 spiro atoms. The number of carboxylic acid groups (broad SMARTS) is 1. The Morgan fingerprint density at radius 2 is 2.11 bits per heavy atom. The third-order valence-corrected chi connectivity index (χ3v) is 2.09. The molecule has 6 nitrogen and oxygen atoms in total. The lowest BCUT2D eigenvalue weighted by Gasteiger charge is -1.97. The Bertz CT molecular complexity index is 548. The molecule has 0 fully saturated rings. The van der Waals surface area contributed by atoms with Crippen molar-refractivity contribution in [2.75, 3.05) is 6.61 Å². The number of rotatable bonds is 5. The molecule has 0 saturated carbocycles. The number of aromatic nitrogens is 2. The molecule has 2 rings (SSSR count). The first-order chi connectivity index (χ1) is 8.77. The fourth-order valence-electron chi connectivity index (χ4n) is 1.28. The Balaban J connectivity index is 1.91. The fraction of sp³-hybridized carbons (Fsp3) is 0.0833. The highest BCUT2D eigenvalue weighted by atomic mass is 16.6. The van der Waals surface area contributed by atoms with Gasteiger partial charge in [-0.25, -0.2) is 9.42 Å². The molecular formula is C12H10N2O4. The smallest absolute Gasteiger partial charge is 0.363 e. The summed E-state index contributed by atoms with van der Waals surface area (Å²) in [6, 6.07) is 9.65. The van der Waals surface area contributed by atoms with Crippen LogP contribution in [0.5, 0.6) is 5.88 Å². The van der Waals surface area contributed by atoms with Crippen LogP contribution in [0.2, 0.25) is 0 Å². The third kappa shape index (κ3) is 2.94. The molecule has 1 heterocycles. The van der Waals surface area contributed by atoms with E-state index in [1.807, 2.05) is 36.4 Å². The second-order valence-electron chi connectivity index (χ2n) is 3.35. The molecule has 1 aromatic carbocycles. The van der Waals surface area contributed by atoms with Gasteiger partial charge in [-0.3, -0.25) is 0 Å². The predicted molar refractivity (Wildman–Crippen MR) is 62.2 cm³/mol. The van der Waals surface area contributed by atoms with Crippen LogP contribution in [0.25, 0.3) is 6.08 Å². The van der Waals surface area contributed by atoms with E-state index in [1.165, 1.54) is 0 Å². The van der Waals surface area contributed by atoms with Gasteiger partial charge in [-0.1, -0.05) is 36.4 Å². The summed E-state index contributed by atoms with van der Waals surface area (Å²) >= 11 is 0. The maximum absolute atomic E-state index is 10.7. The van der Waals surface area contributed by atoms with Crippen LogP contribution in [0.15, 0.2) is 41.0 Å². The van der Waals surface area contributed by atoms with E-state index in [4.69, 9.17) is 9.84 Å². The van der Waals surface area contributed by atoms with Crippen molar-refractivity contribution in [1.29, 1.82) is 0 Å². The SMILES string of the molecule is O=C(O)c1nonc1OCC=Cc1ccccc1. The highest BCUT2D eigenvalue weighted by Crippen LogP contribution is 2.12. The molecule has 18 heavy (non-hydrogen) atoms. The van der Waals surface area contributed by atoms with Crippen molar-refractivity contribution < 1.29 is 19.3 Å². The first kappa shape index (κ1) is 11.8. The van der Waals surface area contributed by atoms with Crippen molar-refractivity contribution in [2.45, 2.75) is 0 Å². The van der Waals surface area contributed by atoms with Crippen LogP contribution in [0, 0.1) is 0 Å². The van der Waals surface area contributed by atoms with Crippen LogP contribution in [-0.4, -0.2) is 28.0 Å². The van der Waals surface area contributed by atoms with Gasteiger partial charge in [-0.15, -0.1) is 0 Å². The van der Waals surface area contributed by atoms with E-state index in [0.29, 0.717) is 0 Å². The lowest BCUT2D eigenvalue weighted by Crippen LogP contribution is -2.02. The first-order valence-electron chi connectivity index (χ1n) is 5.17. The topological polar surface area (TPSA) is 85.5 Å². The largest absolute Gasteiger partial charge is 0.476 e. The molecule has 1 aromatic heterocycles. The van der Waals surface area contributed by atoms with E-state index >= 15 is 0 Å². The molecule has 0 saturated heterocycles. The molecule has 2 aromatic rings. The second-order valence-corrected chi connectivity index (χ2v) is 3.35. The molecule has 0 atom stereocenters. The molecule has 0 aliphatic heterocycles. The molecule has 0 bridgehead atoms. The summed E-state index contributed by atoms with van der Waals surface area (Å²) in [5.74, 6) is -1.36. The summed E-state index contributed by atoms with van der Waals surface area (Å²) < 4.78 is 9.42. The first-order valence-corrected chi connectivity index (χ1v) is 5.17. The number of hydrogen-bond donors (Lipinski definition) is 1. The van der Waals surface area contributed by atoms with Gasteiger partial charge in [-0.2, -0.15) is 0 Å². The lowest BCUT2D eigenvalue weighted by molar-refractivity contribution is 0.0682. The normalized spacial score (nSPS) is 10.7. The van der Waals surface area contributed by atoms with Crippen LogP contribution in [0.1, 0.15) is 16.1 Å². The zero-order valence-corrected chi connectivity index (χ0v) is 9.31. The zero-order chi connectivity index (χ0) is 12.8. The minimum atomic E-state index is -1.24. The number of carbonyl (C=O) groups is 1. The van der Waals surface area contributed by atoms with Gasteiger partial charge in [0.05, 0.1) is 0 Å². The van der Waals surface area contributed by atoms with Gasteiger partial charge in [0.25, 0.3) is 11.6 Å². The number of hydrogen-bond acceptors (Lipinski definition) is 5. The van der Waals surface area contributed by atoms with Gasteiger partial charge in [-0.05, 0) is 22.0 Å². The standard InChI is InChI=1S/C12H10N2O4/c15-12(16)10-11(14-18-13-10)17-8-4-7-9-5-2-1-3-6-9/h1-7H,8H2,(H,15,16).